The van der Waals surface area contributed by atoms with Crippen LogP contribution in [0.4, 0.5) is 0 Å². The van der Waals surface area contributed by atoms with Crippen molar-refractivity contribution in [2.24, 2.45) is 0 Å². The number of ether oxygens (including phenoxy) is 2. The van der Waals surface area contributed by atoms with Crippen molar-refractivity contribution in [2.45, 2.75) is 19.8 Å². The fourth-order valence-corrected chi connectivity index (χ4v) is 1.93. The van der Waals surface area contributed by atoms with Crippen molar-refractivity contribution >= 4 is 10.9 Å². The van der Waals surface area contributed by atoms with Crippen LogP contribution in [0.2, 0.25) is 0 Å². The number of aromatic nitrogens is 1. The van der Waals surface area contributed by atoms with E-state index in [0.717, 1.165) is 29.9 Å². The summed E-state index contributed by atoms with van der Waals surface area (Å²) in [6.45, 7) is 4.56. The van der Waals surface area contributed by atoms with Gasteiger partial charge in [-0.3, -0.25) is 0 Å². The smallest absolute Gasteiger partial charge is 0.141 e. The standard InChI is InChI=1S/C12H10N2O.C4H8O/c1-2-15-11-6-4-9-3-5-10(8-13)14-12(9)7-11;1-2-4-5-3-1/h3-7H,2H2,1H3;1-4H2. The van der Waals surface area contributed by atoms with Crippen LogP contribution < -0.4 is 4.74 Å². The number of hydrogen-bond acceptors (Lipinski definition) is 4. The molecule has 0 bridgehead atoms. The number of pyridine rings is 1. The zero-order valence-corrected chi connectivity index (χ0v) is 11.6. The lowest BCUT2D eigenvalue weighted by molar-refractivity contribution is 0.198. The summed E-state index contributed by atoms with van der Waals surface area (Å²) in [6, 6.07) is 11.3. The average molecular weight is 270 g/mol. The molecule has 2 aromatic rings. The van der Waals surface area contributed by atoms with Crippen LogP contribution in [0.15, 0.2) is 30.3 Å². The number of rotatable bonds is 2. The van der Waals surface area contributed by atoms with Gasteiger partial charge in [0, 0.05) is 24.7 Å². The molecule has 1 aliphatic heterocycles. The highest BCUT2D eigenvalue weighted by Gasteiger charge is 1.99. The van der Waals surface area contributed by atoms with E-state index in [9.17, 15) is 0 Å². The first-order valence-corrected chi connectivity index (χ1v) is 6.85. The minimum Gasteiger partial charge on any atom is -0.494 e. The Morgan fingerprint density at radius 2 is 2.00 bits per heavy atom. The molecule has 20 heavy (non-hydrogen) atoms. The highest BCUT2D eigenvalue weighted by atomic mass is 16.5. The first kappa shape index (κ1) is 14.3. The van der Waals surface area contributed by atoms with Crippen molar-refractivity contribution in [1.29, 1.82) is 5.26 Å². The predicted octanol–water partition coefficient (Wildman–Crippen LogP) is 3.30. The van der Waals surface area contributed by atoms with Gasteiger partial charge in [0.2, 0.25) is 0 Å². The van der Waals surface area contributed by atoms with E-state index in [4.69, 9.17) is 14.7 Å². The summed E-state index contributed by atoms with van der Waals surface area (Å²) in [5, 5.41) is 9.74. The second kappa shape index (κ2) is 7.46. The fraction of sp³-hybridized carbons (Fsp3) is 0.375. The van der Waals surface area contributed by atoms with Gasteiger partial charge in [0.05, 0.1) is 12.1 Å². The maximum atomic E-state index is 8.73. The second-order valence-electron chi connectivity index (χ2n) is 4.42. The number of hydrogen-bond donors (Lipinski definition) is 0. The van der Waals surface area contributed by atoms with Crippen LogP contribution in [0.25, 0.3) is 10.9 Å². The Hall–Kier alpha value is -2.12. The molecule has 0 spiro atoms. The van der Waals surface area contributed by atoms with E-state index >= 15 is 0 Å². The Bertz CT molecular complexity index is 593. The van der Waals surface area contributed by atoms with Crippen LogP contribution in [0.5, 0.6) is 5.75 Å². The van der Waals surface area contributed by atoms with Crippen molar-refractivity contribution in [3.8, 4) is 11.8 Å². The van der Waals surface area contributed by atoms with E-state index < -0.39 is 0 Å². The normalized spacial score (nSPS) is 13.4. The predicted molar refractivity (Wildman–Crippen MR) is 77.7 cm³/mol. The third kappa shape index (κ3) is 3.94. The van der Waals surface area contributed by atoms with Crippen LogP contribution in [-0.2, 0) is 4.74 Å². The summed E-state index contributed by atoms with van der Waals surface area (Å²) in [7, 11) is 0. The molecule has 2 heterocycles. The van der Waals surface area contributed by atoms with Crippen LogP contribution in [0, 0.1) is 11.3 Å². The van der Waals surface area contributed by atoms with Crippen molar-refractivity contribution < 1.29 is 9.47 Å². The summed E-state index contributed by atoms with van der Waals surface area (Å²) >= 11 is 0. The van der Waals surface area contributed by atoms with E-state index in [1.165, 1.54) is 12.8 Å². The molecule has 0 saturated carbocycles. The molecular formula is C16H18N2O2. The molecule has 104 valence electrons. The Labute approximate surface area is 119 Å². The molecule has 3 rings (SSSR count). The van der Waals surface area contributed by atoms with Crippen LogP contribution >= 0.6 is 0 Å². The Balaban J connectivity index is 0.000000247. The van der Waals surface area contributed by atoms with Gasteiger partial charge in [0.25, 0.3) is 0 Å². The molecule has 4 nitrogen and oxygen atoms in total. The summed E-state index contributed by atoms with van der Waals surface area (Å²) in [5.41, 5.74) is 1.22. The molecule has 0 atom stereocenters. The third-order valence-electron chi connectivity index (χ3n) is 2.92. The molecular weight excluding hydrogens is 252 g/mol. The SMILES string of the molecule is C1CCOC1.CCOc1ccc2ccc(C#N)nc2c1. The molecule has 0 N–H and O–H groups in total. The summed E-state index contributed by atoms with van der Waals surface area (Å²) in [5.74, 6) is 0.785. The first-order chi connectivity index (χ1) is 9.83. The molecule has 1 aromatic heterocycles. The second-order valence-corrected chi connectivity index (χ2v) is 4.42. The zero-order valence-electron chi connectivity index (χ0n) is 11.6. The largest absolute Gasteiger partial charge is 0.494 e. The van der Waals surface area contributed by atoms with Gasteiger partial charge in [0.15, 0.2) is 0 Å². The van der Waals surface area contributed by atoms with E-state index in [-0.39, 0.29) is 0 Å². The monoisotopic (exact) mass is 270 g/mol. The molecule has 1 fully saturated rings. The molecule has 0 amide bonds. The third-order valence-corrected chi connectivity index (χ3v) is 2.92. The molecule has 1 aliphatic rings. The summed E-state index contributed by atoms with van der Waals surface area (Å²) in [4.78, 5) is 4.20. The van der Waals surface area contributed by atoms with Crippen molar-refractivity contribution in [3.63, 3.8) is 0 Å². The maximum Gasteiger partial charge on any atom is 0.141 e. The quantitative estimate of drug-likeness (QED) is 0.840. The number of nitriles is 1. The van der Waals surface area contributed by atoms with Gasteiger partial charge < -0.3 is 9.47 Å². The number of nitrogens with zero attached hydrogens (tertiary/aromatic N) is 2. The Morgan fingerprint density at radius 1 is 1.25 bits per heavy atom. The molecule has 4 heteroatoms. The van der Waals surface area contributed by atoms with Crippen molar-refractivity contribution in [2.75, 3.05) is 19.8 Å². The van der Waals surface area contributed by atoms with Gasteiger partial charge in [-0.25, -0.2) is 4.98 Å². The van der Waals surface area contributed by atoms with E-state index in [0.29, 0.717) is 12.3 Å². The molecule has 0 aliphatic carbocycles. The molecule has 0 unspecified atom stereocenters. The molecule has 1 aromatic carbocycles. The molecule has 0 radical (unpaired) electrons. The van der Waals surface area contributed by atoms with Gasteiger partial charge in [-0.2, -0.15) is 5.26 Å². The van der Waals surface area contributed by atoms with Gasteiger partial charge >= 0.3 is 0 Å². The average Bonchev–Trinajstić information content (AvgIpc) is 3.06. The van der Waals surface area contributed by atoms with Crippen molar-refractivity contribution in [3.05, 3.63) is 36.0 Å². The van der Waals surface area contributed by atoms with Crippen molar-refractivity contribution in [1.82, 2.24) is 4.98 Å². The van der Waals surface area contributed by atoms with Gasteiger partial charge in [-0.1, -0.05) is 0 Å². The minimum absolute atomic E-state index is 0.427. The highest BCUT2D eigenvalue weighted by molar-refractivity contribution is 5.80. The van der Waals surface area contributed by atoms with E-state index in [2.05, 4.69) is 4.98 Å². The van der Waals surface area contributed by atoms with E-state index in [1.54, 1.807) is 6.07 Å². The Morgan fingerprint density at radius 3 is 2.60 bits per heavy atom. The minimum atomic E-state index is 0.427. The van der Waals surface area contributed by atoms with Crippen LogP contribution in [0.3, 0.4) is 0 Å². The summed E-state index contributed by atoms with van der Waals surface area (Å²) in [6.07, 6.45) is 2.56. The van der Waals surface area contributed by atoms with E-state index in [1.807, 2.05) is 37.3 Å². The fourth-order valence-electron chi connectivity index (χ4n) is 1.93. The zero-order chi connectivity index (χ0) is 14.2. The topological polar surface area (TPSA) is 55.1 Å². The van der Waals surface area contributed by atoms with Crippen LogP contribution in [-0.4, -0.2) is 24.8 Å². The number of fused-ring (bicyclic) bond motifs is 1. The Kier molecular flexibility index (Phi) is 5.33. The van der Waals surface area contributed by atoms with Gasteiger partial charge in [0.1, 0.15) is 17.5 Å². The van der Waals surface area contributed by atoms with Gasteiger partial charge in [-0.15, -0.1) is 0 Å². The summed E-state index contributed by atoms with van der Waals surface area (Å²) < 4.78 is 10.3. The van der Waals surface area contributed by atoms with Gasteiger partial charge in [-0.05, 0) is 44.0 Å². The lowest BCUT2D eigenvalue weighted by Crippen LogP contribution is -1.92. The lowest BCUT2D eigenvalue weighted by atomic mass is 10.2. The molecule has 1 saturated heterocycles. The lowest BCUT2D eigenvalue weighted by Gasteiger charge is -2.03. The number of benzene rings is 1. The van der Waals surface area contributed by atoms with Crippen LogP contribution in [0.1, 0.15) is 25.5 Å². The highest BCUT2D eigenvalue weighted by Crippen LogP contribution is 2.19. The maximum absolute atomic E-state index is 8.73. The first-order valence-electron chi connectivity index (χ1n) is 6.85.